The summed E-state index contributed by atoms with van der Waals surface area (Å²) in [6, 6.07) is 11.0. The number of anilines is 2. The summed E-state index contributed by atoms with van der Waals surface area (Å²) in [6.07, 6.45) is -3.37. The number of amides is 1. The molecule has 1 aromatic heterocycles. The van der Waals surface area contributed by atoms with Crippen LogP contribution in [0.15, 0.2) is 36.5 Å². The molecule has 9 nitrogen and oxygen atoms in total. The second-order valence-corrected chi connectivity index (χ2v) is 7.06. The predicted octanol–water partition coefficient (Wildman–Crippen LogP) is 2.45. The molecule has 12 heteroatoms. The molecule has 2 aromatic rings. The van der Waals surface area contributed by atoms with E-state index in [4.69, 9.17) is 5.73 Å². The molecule has 1 aliphatic rings. The van der Waals surface area contributed by atoms with Crippen LogP contribution in [0.3, 0.4) is 0 Å². The van der Waals surface area contributed by atoms with Gasteiger partial charge in [-0.1, -0.05) is 18.2 Å². The van der Waals surface area contributed by atoms with E-state index in [9.17, 15) is 28.0 Å². The Balaban J connectivity index is 1.83. The third kappa shape index (κ3) is 4.95. The number of primary amides is 1. The maximum Gasteiger partial charge on any atom is 0.492 e. The number of carbonyl (C=O) groups excluding carboxylic acids is 2. The number of carbonyl (C=O) groups is 2. The minimum absolute atomic E-state index is 0.0152. The van der Waals surface area contributed by atoms with Crippen molar-refractivity contribution < 1.29 is 27.6 Å². The smallest absolute Gasteiger partial charge is 0.365 e. The number of nitrogens with zero attached hydrogens (tertiary/aromatic N) is 4. The van der Waals surface area contributed by atoms with Crippen LogP contribution in [0.2, 0.25) is 0 Å². The van der Waals surface area contributed by atoms with Crippen molar-refractivity contribution in [2.45, 2.75) is 31.0 Å². The van der Waals surface area contributed by atoms with Crippen LogP contribution in [0.4, 0.5) is 24.7 Å². The van der Waals surface area contributed by atoms with Gasteiger partial charge in [-0.2, -0.15) is 23.5 Å². The van der Waals surface area contributed by atoms with Gasteiger partial charge in [0.25, 0.3) is 5.91 Å². The molecule has 0 aliphatic carbocycles. The van der Waals surface area contributed by atoms with Crippen molar-refractivity contribution in [1.29, 1.82) is 5.26 Å². The van der Waals surface area contributed by atoms with E-state index in [1.54, 1.807) is 24.3 Å². The summed E-state index contributed by atoms with van der Waals surface area (Å²) >= 11 is 0. The summed E-state index contributed by atoms with van der Waals surface area (Å²) in [5.41, 5.74) is 5.34. The first kappa shape index (κ1) is 22.1. The number of halogens is 3. The molecule has 1 aromatic carbocycles. The van der Waals surface area contributed by atoms with Crippen LogP contribution in [0, 0.1) is 11.3 Å². The number of hydroxylamine groups is 2. The molecule has 164 valence electrons. The Morgan fingerprint density at radius 2 is 1.90 bits per heavy atom. The maximum atomic E-state index is 12.4. The van der Waals surface area contributed by atoms with Crippen molar-refractivity contribution in [3.05, 3.63) is 42.1 Å². The highest BCUT2D eigenvalue weighted by Crippen LogP contribution is 2.35. The number of hydrogen-bond acceptors (Lipinski definition) is 7. The Hall–Kier alpha value is -3.59. The fourth-order valence-corrected chi connectivity index (χ4v) is 3.34. The van der Waals surface area contributed by atoms with Crippen LogP contribution in [-0.2, 0) is 15.2 Å². The van der Waals surface area contributed by atoms with E-state index in [0.717, 1.165) is 5.06 Å². The number of nitrogens with two attached hydrogens (primary N) is 1. The maximum absolute atomic E-state index is 12.4. The number of para-hydroxylation sites is 1. The van der Waals surface area contributed by atoms with Gasteiger partial charge in [0.2, 0.25) is 0 Å². The summed E-state index contributed by atoms with van der Waals surface area (Å²) < 4.78 is 38.8. The van der Waals surface area contributed by atoms with Gasteiger partial charge in [0.1, 0.15) is 5.56 Å². The SMILES string of the molecule is N#CCC1(n2cc(C(N)=O)c(Nc3ccccc3)n2)CCN(OC(=O)C(F)(F)F)CC1. The van der Waals surface area contributed by atoms with Gasteiger partial charge in [0, 0.05) is 25.0 Å². The summed E-state index contributed by atoms with van der Waals surface area (Å²) in [5, 5.41) is 17.7. The number of rotatable bonds is 6. The lowest BCUT2D eigenvalue weighted by molar-refractivity contribution is -0.244. The molecule has 3 rings (SSSR count). The predicted molar refractivity (Wildman–Crippen MR) is 102 cm³/mol. The topological polar surface area (TPSA) is 126 Å². The van der Waals surface area contributed by atoms with Gasteiger partial charge in [-0.05, 0) is 25.0 Å². The van der Waals surface area contributed by atoms with Gasteiger partial charge in [-0.3, -0.25) is 9.48 Å². The zero-order valence-electron chi connectivity index (χ0n) is 16.2. The van der Waals surface area contributed by atoms with Gasteiger partial charge < -0.3 is 15.9 Å². The first-order valence-corrected chi connectivity index (χ1v) is 9.28. The Kier molecular flexibility index (Phi) is 6.16. The summed E-state index contributed by atoms with van der Waals surface area (Å²) in [5.74, 6) is -2.83. The van der Waals surface area contributed by atoms with Gasteiger partial charge in [-0.25, -0.2) is 4.79 Å². The molecule has 1 saturated heterocycles. The lowest BCUT2D eigenvalue weighted by Gasteiger charge is -2.39. The van der Waals surface area contributed by atoms with Crippen LogP contribution >= 0.6 is 0 Å². The monoisotopic (exact) mass is 436 g/mol. The van der Waals surface area contributed by atoms with Crippen molar-refractivity contribution >= 4 is 23.4 Å². The third-order valence-electron chi connectivity index (χ3n) is 5.01. The molecule has 0 saturated carbocycles. The van der Waals surface area contributed by atoms with Crippen LogP contribution in [-0.4, -0.2) is 46.0 Å². The second-order valence-electron chi connectivity index (χ2n) is 7.06. The lowest BCUT2D eigenvalue weighted by Crippen LogP contribution is -2.48. The van der Waals surface area contributed by atoms with Crippen LogP contribution in [0.1, 0.15) is 29.6 Å². The molecule has 31 heavy (non-hydrogen) atoms. The van der Waals surface area contributed by atoms with Gasteiger partial charge in [0.05, 0.1) is 18.0 Å². The standard InChI is InChI=1S/C19H19F3N6O3/c20-19(21,22)17(30)31-27-10-7-18(6-9-23,8-11-27)28-12-14(15(24)29)16(26-28)25-13-4-2-1-3-5-13/h1-5,12H,6-8,10-11H2,(H2,24,29)(H,25,26). The van der Waals surface area contributed by atoms with Crippen LogP contribution in [0.25, 0.3) is 0 Å². The van der Waals surface area contributed by atoms with E-state index in [1.807, 2.05) is 6.07 Å². The third-order valence-corrected chi connectivity index (χ3v) is 5.01. The van der Waals surface area contributed by atoms with E-state index < -0.39 is 23.6 Å². The molecular weight excluding hydrogens is 417 g/mol. The quantitative estimate of drug-likeness (QED) is 0.712. The molecule has 3 N–H and O–H groups in total. The first-order chi connectivity index (χ1) is 14.6. The average molecular weight is 436 g/mol. The second kappa shape index (κ2) is 8.65. The molecule has 0 radical (unpaired) electrons. The van der Waals surface area contributed by atoms with Crippen molar-refractivity contribution in [2.24, 2.45) is 5.73 Å². The fraction of sp³-hybridized carbons (Fsp3) is 0.368. The normalized spacial score (nSPS) is 16.3. The van der Waals surface area contributed by atoms with Crippen molar-refractivity contribution in [3.63, 3.8) is 0 Å². The molecule has 0 unspecified atom stereocenters. The highest BCUT2D eigenvalue weighted by Gasteiger charge is 2.45. The molecular formula is C19H19F3N6O3. The van der Waals surface area contributed by atoms with Gasteiger partial charge in [0.15, 0.2) is 5.82 Å². The average Bonchev–Trinajstić information content (AvgIpc) is 3.14. The van der Waals surface area contributed by atoms with Crippen LogP contribution in [0.5, 0.6) is 0 Å². The zero-order valence-corrected chi connectivity index (χ0v) is 16.2. The van der Waals surface area contributed by atoms with Crippen molar-refractivity contribution in [1.82, 2.24) is 14.8 Å². The Labute approximate surface area is 175 Å². The Morgan fingerprint density at radius 3 is 2.45 bits per heavy atom. The molecule has 0 bridgehead atoms. The van der Waals surface area contributed by atoms with Crippen molar-refractivity contribution in [3.8, 4) is 6.07 Å². The lowest BCUT2D eigenvalue weighted by atomic mass is 9.85. The largest absolute Gasteiger partial charge is 0.492 e. The highest BCUT2D eigenvalue weighted by molar-refractivity contribution is 5.98. The molecule has 0 spiro atoms. The van der Waals surface area contributed by atoms with E-state index in [1.165, 1.54) is 10.9 Å². The highest BCUT2D eigenvalue weighted by atomic mass is 19.4. The van der Waals surface area contributed by atoms with E-state index >= 15 is 0 Å². The number of nitrogens with one attached hydrogen (secondary N) is 1. The van der Waals surface area contributed by atoms with Gasteiger partial charge >= 0.3 is 12.1 Å². The number of hydrogen-bond donors (Lipinski definition) is 2. The zero-order chi connectivity index (χ0) is 22.6. The minimum atomic E-state index is -5.10. The molecule has 1 fully saturated rings. The van der Waals surface area contributed by atoms with E-state index in [0.29, 0.717) is 5.69 Å². The van der Waals surface area contributed by atoms with Crippen LogP contribution < -0.4 is 11.1 Å². The number of aromatic nitrogens is 2. The first-order valence-electron chi connectivity index (χ1n) is 9.28. The summed E-state index contributed by atoms with van der Waals surface area (Å²) in [7, 11) is 0. The Bertz CT molecular complexity index is 992. The molecule has 0 atom stereocenters. The van der Waals surface area contributed by atoms with Gasteiger partial charge in [-0.15, -0.1) is 5.06 Å². The summed E-state index contributed by atoms with van der Waals surface area (Å²) in [4.78, 5) is 27.4. The molecule has 1 amide bonds. The Morgan fingerprint density at radius 1 is 1.26 bits per heavy atom. The number of benzene rings is 1. The number of nitriles is 1. The number of alkyl halides is 3. The summed E-state index contributed by atoms with van der Waals surface area (Å²) in [6.45, 7) is -0.0899. The number of piperidine rings is 1. The van der Waals surface area contributed by atoms with E-state index in [2.05, 4.69) is 21.3 Å². The van der Waals surface area contributed by atoms with E-state index in [-0.39, 0.29) is 43.7 Å². The fourth-order valence-electron chi connectivity index (χ4n) is 3.34. The molecule has 2 heterocycles. The minimum Gasteiger partial charge on any atom is -0.365 e. The van der Waals surface area contributed by atoms with Crippen molar-refractivity contribution in [2.75, 3.05) is 18.4 Å². The molecule has 1 aliphatic heterocycles.